The molecular weight excluding hydrogens is 492 g/mol. The van der Waals surface area contributed by atoms with Gasteiger partial charge in [0.2, 0.25) is 11.8 Å². The van der Waals surface area contributed by atoms with Gasteiger partial charge < -0.3 is 5.32 Å². The number of benzene rings is 2. The van der Waals surface area contributed by atoms with Crippen LogP contribution in [0.5, 0.6) is 0 Å². The third-order valence-electron chi connectivity index (χ3n) is 7.64. The first kappa shape index (κ1) is 20.2. The third-order valence-corrected chi connectivity index (χ3v) is 9.01. The SMILES string of the molecule is Cc1c(NC(=O)c2ccc(N3C(=O)[C@@H]4[C@H]5C=C[C@@H]([C@@H]6C[C@@H]56)[C@H]4C3=O)cc2)ccc(Br)c1Cl. The Morgan fingerprint density at radius 1 is 1.00 bits per heavy atom. The van der Waals surface area contributed by atoms with Crippen LogP contribution in [0.4, 0.5) is 11.4 Å². The van der Waals surface area contributed by atoms with Crippen LogP contribution in [-0.2, 0) is 9.59 Å². The summed E-state index contributed by atoms with van der Waals surface area (Å²) in [6.07, 6.45) is 5.47. The molecule has 6 atom stereocenters. The number of nitrogens with one attached hydrogen (secondary N) is 1. The van der Waals surface area contributed by atoms with Crippen molar-refractivity contribution in [3.05, 3.63) is 69.2 Å². The molecule has 3 fully saturated rings. The van der Waals surface area contributed by atoms with Crippen LogP contribution >= 0.6 is 27.5 Å². The van der Waals surface area contributed by atoms with E-state index in [1.54, 1.807) is 36.4 Å². The molecule has 2 aromatic carbocycles. The molecular formula is C25H20BrClN2O3. The predicted octanol–water partition coefficient (Wildman–Crippen LogP) is 5.22. The fourth-order valence-electron chi connectivity index (χ4n) is 5.96. The van der Waals surface area contributed by atoms with Gasteiger partial charge in [-0.2, -0.15) is 0 Å². The van der Waals surface area contributed by atoms with Gasteiger partial charge >= 0.3 is 0 Å². The molecule has 162 valence electrons. The highest BCUT2D eigenvalue weighted by Gasteiger charge is 2.67. The van der Waals surface area contributed by atoms with Crippen LogP contribution < -0.4 is 10.2 Å². The normalized spacial score (nSPS) is 31.5. The topological polar surface area (TPSA) is 66.5 Å². The van der Waals surface area contributed by atoms with E-state index in [9.17, 15) is 14.4 Å². The summed E-state index contributed by atoms with van der Waals surface area (Å²) in [6, 6.07) is 10.2. The maximum Gasteiger partial charge on any atom is 0.255 e. The van der Waals surface area contributed by atoms with E-state index >= 15 is 0 Å². The van der Waals surface area contributed by atoms with Gasteiger partial charge in [-0.05, 0) is 94.9 Å². The molecule has 0 radical (unpaired) electrons. The lowest BCUT2D eigenvalue weighted by molar-refractivity contribution is -0.124. The Balaban J connectivity index is 1.23. The lowest BCUT2D eigenvalue weighted by Gasteiger charge is -2.37. The molecule has 2 aromatic rings. The second kappa shape index (κ2) is 7.03. The highest BCUT2D eigenvalue weighted by molar-refractivity contribution is 9.10. The average Bonchev–Trinajstić information content (AvgIpc) is 3.58. The van der Waals surface area contributed by atoms with Crippen LogP contribution in [0.25, 0.3) is 0 Å². The Morgan fingerprint density at radius 2 is 1.59 bits per heavy atom. The first-order valence-corrected chi connectivity index (χ1v) is 12.0. The molecule has 7 rings (SSSR count). The van der Waals surface area contributed by atoms with Crippen molar-refractivity contribution in [3.8, 4) is 0 Å². The molecule has 1 heterocycles. The average molecular weight is 512 g/mol. The van der Waals surface area contributed by atoms with Crippen molar-refractivity contribution in [1.29, 1.82) is 0 Å². The fourth-order valence-corrected chi connectivity index (χ4v) is 6.55. The minimum Gasteiger partial charge on any atom is -0.322 e. The summed E-state index contributed by atoms with van der Waals surface area (Å²) in [6.45, 7) is 1.84. The number of imide groups is 1. The third kappa shape index (κ3) is 2.78. The second-order valence-electron chi connectivity index (χ2n) is 9.20. The minimum absolute atomic E-state index is 0.0953. The number of hydrogen-bond donors (Lipinski definition) is 1. The molecule has 0 aromatic heterocycles. The minimum atomic E-state index is -0.284. The molecule has 32 heavy (non-hydrogen) atoms. The van der Waals surface area contributed by atoms with Crippen molar-refractivity contribution < 1.29 is 14.4 Å². The van der Waals surface area contributed by atoms with Gasteiger partial charge in [-0.1, -0.05) is 23.8 Å². The second-order valence-corrected chi connectivity index (χ2v) is 10.4. The van der Waals surface area contributed by atoms with E-state index in [1.807, 2.05) is 6.92 Å². The van der Waals surface area contributed by atoms with Gasteiger partial charge in [-0.15, -0.1) is 0 Å². The quantitative estimate of drug-likeness (QED) is 0.454. The monoisotopic (exact) mass is 510 g/mol. The van der Waals surface area contributed by atoms with Crippen molar-refractivity contribution in [1.82, 2.24) is 0 Å². The molecule has 1 aliphatic heterocycles. The molecule has 2 bridgehead atoms. The zero-order valence-corrected chi connectivity index (χ0v) is 19.6. The maximum absolute atomic E-state index is 13.2. The molecule has 4 aliphatic carbocycles. The smallest absolute Gasteiger partial charge is 0.255 e. The van der Waals surface area contributed by atoms with Gasteiger partial charge in [-0.25, -0.2) is 0 Å². The summed E-state index contributed by atoms with van der Waals surface area (Å²) in [5.74, 6) is 0.611. The number of hydrogen-bond acceptors (Lipinski definition) is 3. The first-order valence-electron chi connectivity index (χ1n) is 10.8. The van der Waals surface area contributed by atoms with E-state index in [0.29, 0.717) is 33.8 Å². The molecule has 5 aliphatic rings. The van der Waals surface area contributed by atoms with Crippen LogP contribution in [0.1, 0.15) is 22.3 Å². The van der Waals surface area contributed by atoms with E-state index in [1.165, 1.54) is 4.90 Å². The van der Waals surface area contributed by atoms with Crippen LogP contribution in [0.3, 0.4) is 0 Å². The number of anilines is 2. The molecule has 0 unspecified atom stereocenters. The molecule has 1 saturated heterocycles. The molecule has 5 nitrogen and oxygen atoms in total. The number of allylic oxidation sites excluding steroid dienone is 2. The first-order chi connectivity index (χ1) is 15.4. The summed E-state index contributed by atoms with van der Waals surface area (Å²) in [7, 11) is 0. The standard InChI is InChI=1S/C25H20BrClN2O3/c1-11-19(9-8-18(26)22(11)27)28-23(30)12-2-4-13(5-3-12)29-24(31)20-14-6-7-15(17-10-16(14)17)21(20)25(29)32/h2-9,14-17,20-21H,10H2,1H3,(H,28,30)/t14-,15-,16-,17-,20+,21+/m0/s1. The predicted molar refractivity (Wildman–Crippen MR) is 125 cm³/mol. The fraction of sp³-hybridized carbons (Fsp3) is 0.320. The number of amides is 3. The van der Waals surface area contributed by atoms with Gasteiger partial charge in [0.1, 0.15) is 0 Å². The van der Waals surface area contributed by atoms with Crippen molar-refractivity contribution in [2.75, 3.05) is 10.2 Å². The summed E-state index contributed by atoms with van der Waals surface area (Å²) in [5.41, 5.74) is 2.36. The number of carbonyl (C=O) groups is 3. The lowest BCUT2D eigenvalue weighted by atomic mass is 9.63. The molecule has 7 heteroatoms. The van der Waals surface area contributed by atoms with Crippen molar-refractivity contribution in [3.63, 3.8) is 0 Å². The lowest BCUT2D eigenvalue weighted by Crippen LogP contribution is -2.40. The highest BCUT2D eigenvalue weighted by atomic mass is 79.9. The summed E-state index contributed by atoms with van der Waals surface area (Å²) < 4.78 is 0.764. The van der Waals surface area contributed by atoms with Gasteiger partial charge in [0.15, 0.2) is 0 Å². The molecule has 1 N–H and O–H groups in total. The Kier molecular flexibility index (Phi) is 4.43. The largest absolute Gasteiger partial charge is 0.322 e. The maximum atomic E-state index is 13.2. The van der Waals surface area contributed by atoms with E-state index in [2.05, 4.69) is 33.4 Å². The number of carbonyl (C=O) groups excluding carboxylic acids is 3. The summed E-state index contributed by atoms with van der Waals surface area (Å²) >= 11 is 9.62. The van der Waals surface area contributed by atoms with Crippen molar-refractivity contribution in [2.24, 2.45) is 35.5 Å². The zero-order valence-electron chi connectivity index (χ0n) is 17.2. The van der Waals surface area contributed by atoms with Crippen LogP contribution in [0, 0.1) is 42.4 Å². The van der Waals surface area contributed by atoms with E-state index < -0.39 is 0 Å². The van der Waals surface area contributed by atoms with Crippen molar-refractivity contribution >= 4 is 56.6 Å². The Labute approximate surface area is 198 Å². The Hall–Kier alpha value is -2.44. The van der Waals surface area contributed by atoms with Crippen molar-refractivity contribution in [2.45, 2.75) is 13.3 Å². The van der Waals surface area contributed by atoms with E-state index in [4.69, 9.17) is 11.6 Å². The zero-order chi connectivity index (χ0) is 22.3. The van der Waals surface area contributed by atoms with Gasteiger partial charge in [0.05, 0.1) is 22.5 Å². The Bertz CT molecular complexity index is 1190. The van der Waals surface area contributed by atoms with Crippen LogP contribution in [0.2, 0.25) is 5.02 Å². The molecule has 3 amide bonds. The van der Waals surface area contributed by atoms with Crippen LogP contribution in [-0.4, -0.2) is 17.7 Å². The van der Waals surface area contributed by atoms with Gasteiger partial charge in [0.25, 0.3) is 5.91 Å². The van der Waals surface area contributed by atoms with E-state index in [-0.39, 0.29) is 41.4 Å². The number of halogens is 2. The molecule has 2 saturated carbocycles. The summed E-state index contributed by atoms with van der Waals surface area (Å²) in [5, 5.41) is 3.42. The van der Waals surface area contributed by atoms with E-state index in [0.717, 1.165) is 16.5 Å². The number of nitrogens with zero attached hydrogens (tertiary/aromatic N) is 1. The summed E-state index contributed by atoms with van der Waals surface area (Å²) in [4.78, 5) is 40.6. The van der Waals surface area contributed by atoms with Crippen LogP contribution in [0.15, 0.2) is 53.0 Å². The highest BCUT2D eigenvalue weighted by Crippen LogP contribution is 2.65. The number of rotatable bonds is 3. The van der Waals surface area contributed by atoms with Gasteiger partial charge in [0, 0.05) is 15.7 Å². The van der Waals surface area contributed by atoms with Gasteiger partial charge in [-0.3, -0.25) is 19.3 Å². The molecule has 0 spiro atoms. The Morgan fingerprint density at radius 3 is 2.19 bits per heavy atom.